The first-order valence-corrected chi connectivity index (χ1v) is 9.88. The van der Waals surface area contributed by atoms with Crippen LogP contribution in [-0.4, -0.2) is 26.6 Å². The van der Waals surface area contributed by atoms with Crippen molar-refractivity contribution >= 4 is 44.2 Å². The number of nitrogens with zero attached hydrogens (tertiary/aromatic N) is 3. The van der Waals surface area contributed by atoms with Gasteiger partial charge in [0.05, 0.1) is 15.9 Å². The van der Waals surface area contributed by atoms with Gasteiger partial charge in [-0.15, -0.1) is 0 Å². The third-order valence-electron chi connectivity index (χ3n) is 4.25. The highest BCUT2D eigenvalue weighted by Gasteiger charge is 2.16. The SMILES string of the molecule is CC(=O)Nc1nc2ccc(NC(=O)c3nn(-c4ccccc4)c(C)cc3=O)cc2s1. The zero-order valence-electron chi connectivity index (χ0n) is 16.2. The van der Waals surface area contributed by atoms with E-state index in [-0.39, 0.29) is 11.6 Å². The van der Waals surface area contributed by atoms with Gasteiger partial charge in [-0.1, -0.05) is 29.5 Å². The Balaban J connectivity index is 1.64. The summed E-state index contributed by atoms with van der Waals surface area (Å²) < 4.78 is 2.35. The first kappa shape index (κ1) is 19.5. The average molecular weight is 419 g/mol. The normalized spacial score (nSPS) is 10.7. The average Bonchev–Trinajstić information content (AvgIpc) is 3.09. The fraction of sp³-hybridized carbons (Fsp3) is 0.0952. The van der Waals surface area contributed by atoms with Crippen molar-refractivity contribution in [3.05, 3.63) is 76.2 Å². The largest absolute Gasteiger partial charge is 0.320 e. The van der Waals surface area contributed by atoms with Gasteiger partial charge in [0.25, 0.3) is 5.91 Å². The molecule has 2 amide bonds. The highest BCUT2D eigenvalue weighted by Crippen LogP contribution is 2.28. The van der Waals surface area contributed by atoms with E-state index in [2.05, 4.69) is 20.7 Å². The molecule has 0 aliphatic rings. The molecule has 0 spiro atoms. The lowest BCUT2D eigenvalue weighted by Crippen LogP contribution is -2.26. The molecule has 0 saturated heterocycles. The van der Waals surface area contributed by atoms with E-state index in [1.54, 1.807) is 29.8 Å². The van der Waals surface area contributed by atoms with Gasteiger partial charge >= 0.3 is 0 Å². The Morgan fingerprint density at radius 3 is 2.53 bits per heavy atom. The molecular formula is C21H17N5O3S. The van der Waals surface area contributed by atoms with Gasteiger partial charge in [0.15, 0.2) is 10.8 Å². The quantitative estimate of drug-likeness (QED) is 0.528. The van der Waals surface area contributed by atoms with E-state index in [4.69, 9.17) is 0 Å². The Morgan fingerprint density at radius 2 is 1.80 bits per heavy atom. The predicted molar refractivity (Wildman–Crippen MR) is 116 cm³/mol. The summed E-state index contributed by atoms with van der Waals surface area (Å²) in [5.74, 6) is -0.807. The molecule has 0 fully saturated rings. The van der Waals surface area contributed by atoms with Crippen LogP contribution in [0.5, 0.6) is 0 Å². The Bertz CT molecular complexity index is 1330. The number of fused-ring (bicyclic) bond motifs is 1. The van der Waals surface area contributed by atoms with Crippen LogP contribution in [0.15, 0.2) is 59.4 Å². The third kappa shape index (κ3) is 3.96. The Hall–Kier alpha value is -3.85. The van der Waals surface area contributed by atoms with Crippen LogP contribution in [0.2, 0.25) is 0 Å². The van der Waals surface area contributed by atoms with Gasteiger partial charge in [0, 0.05) is 24.4 Å². The molecule has 0 radical (unpaired) electrons. The molecule has 2 heterocycles. The Labute approximate surface area is 175 Å². The van der Waals surface area contributed by atoms with Crippen molar-refractivity contribution in [1.29, 1.82) is 0 Å². The number of benzene rings is 2. The zero-order chi connectivity index (χ0) is 21.3. The Morgan fingerprint density at radius 1 is 1.03 bits per heavy atom. The maximum Gasteiger partial charge on any atom is 0.280 e. The molecule has 0 unspecified atom stereocenters. The molecule has 2 aromatic heterocycles. The zero-order valence-corrected chi connectivity index (χ0v) is 17.0. The van der Waals surface area contributed by atoms with Gasteiger partial charge in [-0.2, -0.15) is 5.10 Å². The lowest BCUT2D eigenvalue weighted by Gasteiger charge is -2.11. The van der Waals surface area contributed by atoms with Crippen molar-refractivity contribution in [2.24, 2.45) is 0 Å². The summed E-state index contributed by atoms with van der Waals surface area (Å²) in [5.41, 5.74) is 1.91. The van der Waals surface area contributed by atoms with Gasteiger partial charge in [0.1, 0.15) is 0 Å². The summed E-state index contributed by atoms with van der Waals surface area (Å²) in [4.78, 5) is 40.7. The molecule has 0 atom stereocenters. The molecule has 0 saturated carbocycles. The van der Waals surface area contributed by atoms with Crippen LogP contribution in [0.1, 0.15) is 23.1 Å². The van der Waals surface area contributed by atoms with E-state index in [9.17, 15) is 14.4 Å². The maximum atomic E-state index is 12.8. The summed E-state index contributed by atoms with van der Waals surface area (Å²) in [6.45, 7) is 3.17. The smallest absolute Gasteiger partial charge is 0.280 e. The minimum absolute atomic E-state index is 0.201. The van der Waals surface area contributed by atoms with Gasteiger partial charge < -0.3 is 10.6 Å². The summed E-state index contributed by atoms with van der Waals surface area (Å²) in [5, 5.41) is 10.1. The van der Waals surface area contributed by atoms with Crippen molar-refractivity contribution < 1.29 is 9.59 Å². The van der Waals surface area contributed by atoms with Gasteiger partial charge in [-0.25, -0.2) is 9.67 Å². The number of hydrogen-bond acceptors (Lipinski definition) is 6. The second-order valence-corrected chi connectivity index (χ2v) is 7.61. The molecule has 4 rings (SSSR count). The molecule has 150 valence electrons. The summed E-state index contributed by atoms with van der Waals surface area (Å²) in [6.07, 6.45) is 0. The molecule has 0 bridgehead atoms. The number of rotatable bonds is 4. The molecular weight excluding hydrogens is 402 g/mol. The Kier molecular flexibility index (Phi) is 5.11. The number of anilines is 2. The number of carbonyl (C=O) groups excluding carboxylic acids is 2. The van der Waals surface area contributed by atoms with Crippen LogP contribution in [0, 0.1) is 6.92 Å². The molecule has 8 nitrogen and oxygen atoms in total. The van der Waals surface area contributed by atoms with E-state index >= 15 is 0 Å². The second kappa shape index (κ2) is 7.88. The van der Waals surface area contributed by atoms with Gasteiger partial charge in [-0.05, 0) is 37.3 Å². The van der Waals surface area contributed by atoms with Crippen LogP contribution in [0.3, 0.4) is 0 Å². The second-order valence-electron chi connectivity index (χ2n) is 6.58. The number of amides is 2. The summed E-state index contributed by atoms with van der Waals surface area (Å²) in [6, 6.07) is 15.8. The lowest BCUT2D eigenvalue weighted by atomic mass is 10.2. The maximum absolute atomic E-state index is 12.8. The molecule has 0 aliphatic heterocycles. The predicted octanol–water partition coefficient (Wildman–Crippen LogP) is 3.36. The van der Waals surface area contributed by atoms with Crippen molar-refractivity contribution in [3.63, 3.8) is 0 Å². The number of aromatic nitrogens is 3. The number of thiazole rings is 1. The minimum Gasteiger partial charge on any atom is -0.320 e. The highest BCUT2D eigenvalue weighted by atomic mass is 32.1. The molecule has 4 aromatic rings. The summed E-state index contributed by atoms with van der Waals surface area (Å²) in [7, 11) is 0. The molecule has 2 N–H and O–H groups in total. The monoisotopic (exact) mass is 419 g/mol. The minimum atomic E-state index is -0.601. The molecule has 30 heavy (non-hydrogen) atoms. The van der Waals surface area contributed by atoms with E-state index in [1.165, 1.54) is 24.3 Å². The fourth-order valence-electron chi connectivity index (χ4n) is 2.93. The van der Waals surface area contributed by atoms with E-state index in [0.717, 1.165) is 10.4 Å². The van der Waals surface area contributed by atoms with Crippen LogP contribution in [0.4, 0.5) is 10.8 Å². The van der Waals surface area contributed by atoms with Crippen LogP contribution >= 0.6 is 11.3 Å². The van der Waals surface area contributed by atoms with Crippen molar-refractivity contribution in [1.82, 2.24) is 14.8 Å². The van der Waals surface area contributed by atoms with Crippen molar-refractivity contribution in [3.8, 4) is 5.69 Å². The van der Waals surface area contributed by atoms with E-state index in [0.29, 0.717) is 22.0 Å². The molecule has 9 heteroatoms. The van der Waals surface area contributed by atoms with Crippen LogP contribution in [0.25, 0.3) is 15.9 Å². The van der Waals surface area contributed by atoms with Crippen LogP contribution < -0.4 is 16.1 Å². The number of hydrogen-bond donors (Lipinski definition) is 2. The highest BCUT2D eigenvalue weighted by molar-refractivity contribution is 7.22. The van der Waals surface area contributed by atoms with Gasteiger partial charge in [0.2, 0.25) is 11.3 Å². The number of aryl methyl sites for hydroxylation is 1. The van der Waals surface area contributed by atoms with E-state index < -0.39 is 11.3 Å². The molecule has 2 aromatic carbocycles. The van der Waals surface area contributed by atoms with Gasteiger partial charge in [-0.3, -0.25) is 14.4 Å². The first-order chi connectivity index (χ1) is 14.4. The van der Waals surface area contributed by atoms with Crippen LogP contribution in [-0.2, 0) is 4.79 Å². The topological polar surface area (TPSA) is 106 Å². The fourth-order valence-corrected chi connectivity index (χ4v) is 3.88. The third-order valence-corrected chi connectivity index (χ3v) is 5.19. The summed E-state index contributed by atoms with van der Waals surface area (Å²) >= 11 is 1.29. The van der Waals surface area contributed by atoms with E-state index in [1.807, 2.05) is 30.3 Å². The number of nitrogens with one attached hydrogen (secondary N) is 2. The van der Waals surface area contributed by atoms with Crippen molar-refractivity contribution in [2.45, 2.75) is 13.8 Å². The number of para-hydroxylation sites is 1. The number of carbonyl (C=O) groups is 2. The van der Waals surface area contributed by atoms with Crippen molar-refractivity contribution in [2.75, 3.05) is 10.6 Å². The standard InChI is InChI=1S/C21H17N5O3S/c1-12-10-17(28)19(25-26(12)15-6-4-3-5-7-15)20(29)23-14-8-9-16-18(11-14)30-21(24-16)22-13(2)27/h3-11H,1-2H3,(H,23,29)(H,22,24,27). The lowest BCUT2D eigenvalue weighted by molar-refractivity contribution is -0.114. The first-order valence-electron chi connectivity index (χ1n) is 9.06. The molecule has 0 aliphatic carbocycles.